The lowest BCUT2D eigenvalue weighted by Gasteiger charge is -2.17. The van der Waals surface area contributed by atoms with Gasteiger partial charge in [-0.15, -0.1) is 0 Å². The molecule has 2 aromatic carbocycles. The van der Waals surface area contributed by atoms with Gasteiger partial charge in [0.2, 0.25) is 0 Å². The van der Waals surface area contributed by atoms with Crippen molar-refractivity contribution in [3.63, 3.8) is 0 Å². The number of nitrogens with zero attached hydrogens (tertiary/aromatic N) is 6. The summed E-state index contributed by atoms with van der Waals surface area (Å²) < 4.78 is 15.0. The molecular weight excluding hydrogens is 425 g/mol. The highest BCUT2D eigenvalue weighted by Gasteiger charge is 2.35. The van der Waals surface area contributed by atoms with E-state index in [1.165, 1.54) is 18.3 Å². The van der Waals surface area contributed by atoms with E-state index in [1.807, 2.05) is 35.2 Å². The van der Waals surface area contributed by atoms with E-state index >= 15 is 0 Å². The standard InChI is InChI=1S/C23H20FN7O2/c24-17-6-4-5-15(11-17)19-10-9-16(12-25-19)22(33)26-20-13-30(14-21(20)32)23-27-28-29-31(23)18-7-2-1-3-8-18/h1-12,20-21,32H,13-14H2,(H,26,33)/t20-,21-/m0/s1. The summed E-state index contributed by atoms with van der Waals surface area (Å²) in [4.78, 5) is 18.8. The third kappa shape index (κ3) is 4.28. The maximum absolute atomic E-state index is 13.4. The third-order valence-electron chi connectivity index (χ3n) is 5.49. The van der Waals surface area contributed by atoms with Crippen LogP contribution in [0, 0.1) is 5.82 Å². The molecule has 33 heavy (non-hydrogen) atoms. The van der Waals surface area contributed by atoms with Crippen molar-refractivity contribution >= 4 is 11.9 Å². The summed E-state index contributed by atoms with van der Waals surface area (Å²) in [7, 11) is 0. The van der Waals surface area contributed by atoms with E-state index in [-0.39, 0.29) is 18.3 Å². The molecule has 0 saturated carbocycles. The average Bonchev–Trinajstić information content (AvgIpc) is 3.47. The largest absolute Gasteiger partial charge is 0.389 e. The number of amides is 1. The fourth-order valence-electron chi connectivity index (χ4n) is 3.81. The van der Waals surface area contributed by atoms with Gasteiger partial charge in [-0.25, -0.2) is 4.39 Å². The molecule has 1 aliphatic heterocycles. The summed E-state index contributed by atoms with van der Waals surface area (Å²) >= 11 is 0. The quantitative estimate of drug-likeness (QED) is 0.483. The lowest BCUT2D eigenvalue weighted by Crippen LogP contribution is -2.42. The highest BCUT2D eigenvalue weighted by atomic mass is 19.1. The first kappa shape index (κ1) is 20.7. The van der Waals surface area contributed by atoms with E-state index < -0.39 is 12.1 Å². The van der Waals surface area contributed by atoms with E-state index in [1.54, 1.807) is 28.9 Å². The van der Waals surface area contributed by atoms with Crippen LogP contribution in [-0.2, 0) is 0 Å². The Balaban J connectivity index is 1.27. The van der Waals surface area contributed by atoms with Crippen LogP contribution < -0.4 is 10.2 Å². The zero-order valence-electron chi connectivity index (χ0n) is 17.4. The summed E-state index contributed by atoms with van der Waals surface area (Å²) in [6.07, 6.45) is 0.638. The fourth-order valence-corrected chi connectivity index (χ4v) is 3.81. The Morgan fingerprint density at radius 1 is 1.06 bits per heavy atom. The van der Waals surface area contributed by atoms with E-state index in [9.17, 15) is 14.3 Å². The summed E-state index contributed by atoms with van der Waals surface area (Å²) in [6, 6.07) is 18.3. The number of pyridine rings is 1. The van der Waals surface area contributed by atoms with Gasteiger partial charge < -0.3 is 15.3 Å². The molecule has 0 unspecified atom stereocenters. The van der Waals surface area contributed by atoms with Gasteiger partial charge in [0, 0.05) is 24.8 Å². The molecule has 1 saturated heterocycles. The zero-order chi connectivity index (χ0) is 22.8. The fraction of sp³-hybridized carbons (Fsp3) is 0.174. The number of para-hydroxylation sites is 1. The Morgan fingerprint density at radius 2 is 1.91 bits per heavy atom. The van der Waals surface area contributed by atoms with E-state index in [4.69, 9.17) is 0 Å². The average molecular weight is 445 g/mol. The second kappa shape index (κ2) is 8.75. The van der Waals surface area contributed by atoms with Gasteiger partial charge in [-0.05, 0) is 46.8 Å². The second-order valence-corrected chi connectivity index (χ2v) is 7.72. The van der Waals surface area contributed by atoms with Gasteiger partial charge in [0.05, 0.1) is 29.1 Å². The molecular formula is C23H20FN7O2. The van der Waals surface area contributed by atoms with E-state index in [0.29, 0.717) is 29.3 Å². The molecule has 2 aromatic heterocycles. The molecule has 5 rings (SSSR count). The zero-order valence-corrected chi connectivity index (χ0v) is 17.4. The van der Waals surface area contributed by atoms with Crippen LogP contribution in [0.4, 0.5) is 10.3 Å². The highest BCUT2D eigenvalue weighted by Crippen LogP contribution is 2.21. The number of halogens is 1. The SMILES string of the molecule is O=C(N[C@H]1CN(c2nnnn2-c2ccccc2)C[C@@H]1O)c1ccc(-c2cccc(F)c2)nc1. The van der Waals surface area contributed by atoms with Crippen molar-refractivity contribution < 1.29 is 14.3 Å². The van der Waals surface area contributed by atoms with Gasteiger partial charge >= 0.3 is 0 Å². The number of carbonyl (C=O) groups excluding carboxylic acids is 1. The van der Waals surface area contributed by atoms with Crippen LogP contribution in [0.5, 0.6) is 0 Å². The summed E-state index contributed by atoms with van der Waals surface area (Å²) in [5.74, 6) is -0.228. The van der Waals surface area contributed by atoms with Crippen LogP contribution in [0.2, 0.25) is 0 Å². The lowest BCUT2D eigenvalue weighted by atomic mass is 10.1. The molecule has 166 valence electrons. The molecule has 0 radical (unpaired) electrons. The van der Waals surface area contributed by atoms with Gasteiger partial charge in [0.15, 0.2) is 0 Å². The molecule has 3 heterocycles. The number of tetrazole rings is 1. The van der Waals surface area contributed by atoms with Crippen molar-refractivity contribution in [2.45, 2.75) is 12.1 Å². The van der Waals surface area contributed by atoms with Crippen LogP contribution in [0.3, 0.4) is 0 Å². The predicted molar refractivity (Wildman–Crippen MR) is 118 cm³/mol. The van der Waals surface area contributed by atoms with Crippen LogP contribution in [-0.4, -0.2) is 61.4 Å². The number of anilines is 1. The van der Waals surface area contributed by atoms with Crippen LogP contribution >= 0.6 is 0 Å². The number of benzene rings is 2. The van der Waals surface area contributed by atoms with Crippen LogP contribution in [0.15, 0.2) is 72.9 Å². The first-order chi connectivity index (χ1) is 16.1. The molecule has 1 fully saturated rings. The molecule has 1 aliphatic rings. The van der Waals surface area contributed by atoms with E-state index in [2.05, 4.69) is 25.8 Å². The number of aromatic nitrogens is 5. The van der Waals surface area contributed by atoms with Crippen molar-refractivity contribution in [2.75, 3.05) is 18.0 Å². The second-order valence-electron chi connectivity index (χ2n) is 7.72. The minimum absolute atomic E-state index is 0.273. The van der Waals surface area contributed by atoms with Gasteiger partial charge in [-0.2, -0.15) is 4.68 Å². The molecule has 0 bridgehead atoms. The number of hydrogen-bond acceptors (Lipinski definition) is 7. The van der Waals surface area contributed by atoms with Gasteiger partial charge in [0.1, 0.15) is 5.82 Å². The number of carbonyl (C=O) groups is 1. The van der Waals surface area contributed by atoms with Crippen LogP contribution in [0.25, 0.3) is 16.9 Å². The number of nitrogens with one attached hydrogen (secondary N) is 1. The number of aliphatic hydroxyl groups is 1. The first-order valence-corrected chi connectivity index (χ1v) is 10.4. The molecule has 10 heteroatoms. The first-order valence-electron chi connectivity index (χ1n) is 10.4. The Morgan fingerprint density at radius 3 is 2.67 bits per heavy atom. The van der Waals surface area contributed by atoms with Gasteiger partial charge in [-0.3, -0.25) is 9.78 Å². The molecule has 0 spiro atoms. The Labute approximate surface area is 188 Å². The number of hydrogen-bond donors (Lipinski definition) is 2. The highest BCUT2D eigenvalue weighted by molar-refractivity contribution is 5.94. The van der Waals surface area contributed by atoms with Crippen LogP contribution in [0.1, 0.15) is 10.4 Å². The van der Waals surface area contributed by atoms with Gasteiger partial charge in [0.25, 0.3) is 11.9 Å². The third-order valence-corrected chi connectivity index (χ3v) is 5.49. The van der Waals surface area contributed by atoms with Crippen molar-refractivity contribution in [1.82, 2.24) is 30.5 Å². The minimum atomic E-state index is -0.797. The minimum Gasteiger partial charge on any atom is -0.389 e. The normalized spacial score (nSPS) is 17.8. The van der Waals surface area contributed by atoms with Crippen molar-refractivity contribution in [3.8, 4) is 16.9 Å². The topological polar surface area (TPSA) is 109 Å². The van der Waals surface area contributed by atoms with Gasteiger partial charge in [-0.1, -0.05) is 35.4 Å². The lowest BCUT2D eigenvalue weighted by molar-refractivity contribution is 0.0888. The molecule has 0 aliphatic carbocycles. The Hall–Kier alpha value is -4.18. The Kier molecular flexibility index (Phi) is 5.49. The molecule has 1 amide bonds. The number of β-amino-alcohol motifs (C(OH)–C–C–N with tert-alkyl or cyclic N) is 1. The van der Waals surface area contributed by atoms with Crippen molar-refractivity contribution in [2.24, 2.45) is 0 Å². The molecule has 9 nitrogen and oxygen atoms in total. The van der Waals surface area contributed by atoms with E-state index in [0.717, 1.165) is 5.69 Å². The monoisotopic (exact) mass is 445 g/mol. The Bertz CT molecular complexity index is 1260. The summed E-state index contributed by atoms with van der Waals surface area (Å²) in [5, 5.41) is 25.3. The summed E-state index contributed by atoms with van der Waals surface area (Å²) in [6.45, 7) is 0.615. The predicted octanol–water partition coefficient (Wildman–Crippen LogP) is 1.84. The smallest absolute Gasteiger partial charge is 0.253 e. The number of rotatable bonds is 5. The van der Waals surface area contributed by atoms with Crippen molar-refractivity contribution in [3.05, 3.63) is 84.3 Å². The maximum Gasteiger partial charge on any atom is 0.253 e. The molecule has 4 aromatic rings. The number of aliphatic hydroxyl groups excluding tert-OH is 1. The molecule has 2 N–H and O–H groups in total. The maximum atomic E-state index is 13.4. The van der Waals surface area contributed by atoms with Crippen molar-refractivity contribution in [1.29, 1.82) is 0 Å². The molecule has 2 atom stereocenters. The summed E-state index contributed by atoms with van der Waals surface area (Å²) in [5.41, 5.74) is 2.32.